The Morgan fingerprint density at radius 1 is 1.05 bits per heavy atom. The monoisotopic (exact) mass is 288 g/mol. The summed E-state index contributed by atoms with van der Waals surface area (Å²) in [6, 6.07) is 11.5. The van der Waals surface area contributed by atoms with E-state index in [-0.39, 0.29) is 18.1 Å². The number of rotatable bonds is 4. The quantitative estimate of drug-likeness (QED) is 0.682. The second kappa shape index (κ2) is 5.36. The second-order valence-corrected chi connectivity index (χ2v) is 4.47. The Morgan fingerprint density at radius 3 is 2.48 bits per heavy atom. The first kappa shape index (κ1) is 13.3. The van der Waals surface area contributed by atoms with Crippen molar-refractivity contribution in [3.63, 3.8) is 0 Å². The minimum Gasteiger partial charge on any atom is -0.485 e. The molecule has 0 bridgehead atoms. The third-order valence-corrected chi connectivity index (χ3v) is 2.91. The number of ether oxygens (including phenoxy) is 1. The molecule has 5 heteroatoms. The summed E-state index contributed by atoms with van der Waals surface area (Å²) in [5.74, 6) is -1.83. The first-order chi connectivity index (χ1) is 10.1. The van der Waals surface area contributed by atoms with Crippen LogP contribution in [0.5, 0.6) is 5.75 Å². The van der Waals surface area contributed by atoms with Gasteiger partial charge in [-0.15, -0.1) is 0 Å². The molecule has 1 aromatic heterocycles. The van der Waals surface area contributed by atoms with Gasteiger partial charge in [0.2, 0.25) is 5.78 Å². The highest BCUT2D eigenvalue weighted by Gasteiger charge is 2.13. The fourth-order valence-electron chi connectivity index (χ4n) is 1.95. The highest BCUT2D eigenvalue weighted by atomic mass is 19.1. The van der Waals surface area contributed by atoms with E-state index >= 15 is 0 Å². The van der Waals surface area contributed by atoms with Gasteiger partial charge in [-0.05, 0) is 12.1 Å². The van der Waals surface area contributed by atoms with Gasteiger partial charge in [-0.25, -0.2) is 8.78 Å². The Hall–Kier alpha value is -2.69. The highest BCUT2D eigenvalue weighted by Crippen LogP contribution is 2.20. The van der Waals surface area contributed by atoms with Crippen molar-refractivity contribution in [3.05, 3.63) is 65.9 Å². The molecular formula is C16H10F2O3. The largest absolute Gasteiger partial charge is 0.485 e. The fraction of sp³-hybridized carbons (Fsp3) is 0.0625. The molecule has 0 atom stereocenters. The molecule has 0 N–H and O–H groups in total. The van der Waals surface area contributed by atoms with Crippen LogP contribution < -0.4 is 4.74 Å². The average Bonchev–Trinajstić information content (AvgIpc) is 2.87. The Labute approximate surface area is 118 Å². The van der Waals surface area contributed by atoms with Gasteiger partial charge in [0.25, 0.3) is 0 Å². The number of benzene rings is 2. The number of para-hydroxylation sites is 1. The molecule has 3 rings (SSSR count). The Kier molecular flexibility index (Phi) is 3.39. The Bertz CT molecular complexity index is 755. The average molecular weight is 288 g/mol. The zero-order valence-electron chi connectivity index (χ0n) is 10.8. The van der Waals surface area contributed by atoms with Crippen LogP contribution in [0.3, 0.4) is 0 Å². The molecule has 0 saturated carbocycles. The number of ketones is 1. The molecule has 1 heterocycles. The minimum absolute atomic E-state index is 0.0445. The molecule has 21 heavy (non-hydrogen) atoms. The summed E-state index contributed by atoms with van der Waals surface area (Å²) >= 11 is 0. The van der Waals surface area contributed by atoms with Crippen LogP contribution in [0.2, 0.25) is 0 Å². The van der Waals surface area contributed by atoms with E-state index in [9.17, 15) is 13.6 Å². The van der Waals surface area contributed by atoms with Crippen LogP contribution in [-0.2, 0) is 0 Å². The molecular weight excluding hydrogens is 278 g/mol. The van der Waals surface area contributed by atoms with Gasteiger partial charge >= 0.3 is 0 Å². The van der Waals surface area contributed by atoms with E-state index in [1.165, 1.54) is 0 Å². The SMILES string of the molecule is O=C(COc1cc(F)cc(F)c1)c1cc2ccccc2o1. The standard InChI is InChI=1S/C16H10F2O3/c17-11-6-12(18)8-13(7-11)20-9-14(19)16-5-10-3-1-2-4-15(10)21-16/h1-8H,9H2. The third-order valence-electron chi connectivity index (χ3n) is 2.91. The molecule has 2 aromatic carbocycles. The number of carbonyl (C=O) groups excluding carboxylic acids is 1. The molecule has 0 unspecified atom stereocenters. The van der Waals surface area contributed by atoms with Gasteiger partial charge in [0, 0.05) is 23.6 Å². The number of hydrogen-bond donors (Lipinski definition) is 0. The van der Waals surface area contributed by atoms with Gasteiger partial charge < -0.3 is 9.15 Å². The minimum atomic E-state index is -0.763. The highest BCUT2D eigenvalue weighted by molar-refractivity contribution is 5.98. The maximum atomic E-state index is 13.0. The molecule has 3 aromatic rings. The number of halogens is 2. The summed E-state index contributed by atoms with van der Waals surface area (Å²) in [5.41, 5.74) is 0.595. The van der Waals surface area contributed by atoms with Crippen molar-refractivity contribution >= 4 is 16.8 Å². The van der Waals surface area contributed by atoms with Crippen molar-refractivity contribution in [1.29, 1.82) is 0 Å². The van der Waals surface area contributed by atoms with E-state index in [0.29, 0.717) is 5.58 Å². The second-order valence-electron chi connectivity index (χ2n) is 4.47. The first-order valence-corrected chi connectivity index (χ1v) is 6.22. The van der Waals surface area contributed by atoms with E-state index in [1.807, 2.05) is 12.1 Å². The summed E-state index contributed by atoms with van der Waals surface area (Å²) in [5, 5.41) is 0.803. The van der Waals surface area contributed by atoms with Crippen molar-refractivity contribution in [3.8, 4) is 5.75 Å². The predicted octanol–water partition coefficient (Wildman–Crippen LogP) is 3.97. The van der Waals surface area contributed by atoms with E-state index in [1.54, 1.807) is 18.2 Å². The molecule has 0 aliphatic heterocycles. The van der Waals surface area contributed by atoms with Crippen molar-refractivity contribution in [2.45, 2.75) is 0 Å². The number of Topliss-reactive ketones (excluding diaryl/α,β-unsaturated/α-hetero) is 1. The molecule has 0 aliphatic carbocycles. The normalized spacial score (nSPS) is 10.8. The molecule has 0 fully saturated rings. The summed E-state index contributed by atoms with van der Waals surface area (Å²) in [6.07, 6.45) is 0. The van der Waals surface area contributed by atoms with Crippen LogP contribution >= 0.6 is 0 Å². The van der Waals surface area contributed by atoms with E-state index in [0.717, 1.165) is 23.6 Å². The molecule has 0 saturated heterocycles. The predicted molar refractivity (Wildman–Crippen MR) is 72.4 cm³/mol. The van der Waals surface area contributed by atoms with Crippen molar-refractivity contribution in [2.75, 3.05) is 6.61 Å². The lowest BCUT2D eigenvalue weighted by atomic mass is 10.2. The summed E-state index contributed by atoms with van der Waals surface area (Å²) in [6.45, 7) is -0.358. The summed E-state index contributed by atoms with van der Waals surface area (Å²) in [4.78, 5) is 12.0. The number of furan rings is 1. The topological polar surface area (TPSA) is 39.4 Å². The number of fused-ring (bicyclic) bond motifs is 1. The van der Waals surface area contributed by atoms with E-state index in [2.05, 4.69) is 0 Å². The summed E-state index contributed by atoms with van der Waals surface area (Å²) in [7, 11) is 0. The van der Waals surface area contributed by atoms with Crippen LogP contribution in [0.1, 0.15) is 10.6 Å². The zero-order chi connectivity index (χ0) is 14.8. The lowest BCUT2D eigenvalue weighted by Gasteiger charge is -2.04. The van der Waals surface area contributed by atoms with Crippen LogP contribution in [0.25, 0.3) is 11.0 Å². The van der Waals surface area contributed by atoms with Crippen LogP contribution in [-0.4, -0.2) is 12.4 Å². The van der Waals surface area contributed by atoms with Gasteiger partial charge in [0.1, 0.15) is 23.0 Å². The van der Waals surface area contributed by atoms with Crippen LogP contribution in [0.15, 0.2) is 52.9 Å². The Balaban J connectivity index is 1.74. The molecule has 106 valence electrons. The van der Waals surface area contributed by atoms with Gasteiger partial charge in [-0.1, -0.05) is 18.2 Å². The van der Waals surface area contributed by atoms with Crippen molar-refractivity contribution < 1.29 is 22.7 Å². The lowest BCUT2D eigenvalue weighted by Crippen LogP contribution is -2.10. The lowest BCUT2D eigenvalue weighted by molar-refractivity contribution is 0.0895. The fourth-order valence-corrected chi connectivity index (χ4v) is 1.95. The molecule has 0 amide bonds. The summed E-state index contributed by atoms with van der Waals surface area (Å²) < 4.78 is 36.5. The molecule has 0 spiro atoms. The maximum Gasteiger partial charge on any atom is 0.235 e. The van der Waals surface area contributed by atoms with Gasteiger partial charge in [0.15, 0.2) is 12.4 Å². The van der Waals surface area contributed by atoms with Crippen molar-refractivity contribution in [1.82, 2.24) is 0 Å². The Morgan fingerprint density at radius 2 is 1.76 bits per heavy atom. The molecule has 0 aliphatic rings. The third kappa shape index (κ3) is 2.91. The van der Waals surface area contributed by atoms with Gasteiger partial charge in [0.05, 0.1) is 0 Å². The van der Waals surface area contributed by atoms with E-state index in [4.69, 9.17) is 9.15 Å². The van der Waals surface area contributed by atoms with Gasteiger partial charge in [-0.3, -0.25) is 4.79 Å². The first-order valence-electron chi connectivity index (χ1n) is 6.22. The van der Waals surface area contributed by atoms with Crippen molar-refractivity contribution in [2.24, 2.45) is 0 Å². The smallest absolute Gasteiger partial charge is 0.235 e. The maximum absolute atomic E-state index is 13.0. The number of hydrogen-bond acceptors (Lipinski definition) is 3. The molecule has 0 radical (unpaired) electrons. The molecule has 3 nitrogen and oxygen atoms in total. The number of carbonyl (C=O) groups is 1. The van der Waals surface area contributed by atoms with Crippen LogP contribution in [0, 0.1) is 11.6 Å². The van der Waals surface area contributed by atoms with Crippen LogP contribution in [0.4, 0.5) is 8.78 Å². The van der Waals surface area contributed by atoms with Gasteiger partial charge in [-0.2, -0.15) is 0 Å². The van der Waals surface area contributed by atoms with E-state index < -0.39 is 17.4 Å². The zero-order valence-corrected chi connectivity index (χ0v) is 10.8.